The first-order valence-corrected chi connectivity index (χ1v) is 8.22. The monoisotopic (exact) mass is 373 g/mol. The standard InChI is InChI=1S/C15H14Cl2FN3O3/c16-9-7-10(17)11(18)6-8(9)12(22)20-21-13(23)15(19-14(21)24)4-2-1-3-5-15/h6-7H,1-5H2,(H,19,24)(H,20,22). The summed E-state index contributed by atoms with van der Waals surface area (Å²) in [4.78, 5) is 36.9. The molecule has 0 atom stereocenters. The summed E-state index contributed by atoms with van der Waals surface area (Å²) in [7, 11) is 0. The molecule has 128 valence electrons. The Morgan fingerprint density at radius 3 is 2.50 bits per heavy atom. The van der Waals surface area contributed by atoms with Crippen LogP contribution in [0.3, 0.4) is 0 Å². The molecule has 1 aromatic rings. The van der Waals surface area contributed by atoms with Gasteiger partial charge in [-0.1, -0.05) is 42.5 Å². The average Bonchev–Trinajstić information content (AvgIpc) is 2.76. The van der Waals surface area contributed by atoms with E-state index in [-0.39, 0.29) is 15.6 Å². The number of nitrogens with zero attached hydrogens (tertiary/aromatic N) is 1. The minimum absolute atomic E-state index is 0.0849. The van der Waals surface area contributed by atoms with Crippen LogP contribution in [0.4, 0.5) is 9.18 Å². The van der Waals surface area contributed by atoms with E-state index in [9.17, 15) is 18.8 Å². The van der Waals surface area contributed by atoms with Crippen molar-refractivity contribution in [2.75, 3.05) is 0 Å². The molecule has 1 heterocycles. The molecule has 1 aromatic carbocycles. The highest BCUT2D eigenvalue weighted by molar-refractivity contribution is 6.36. The van der Waals surface area contributed by atoms with Gasteiger partial charge in [0.25, 0.3) is 11.8 Å². The smallest absolute Gasteiger partial charge is 0.322 e. The highest BCUT2D eigenvalue weighted by Crippen LogP contribution is 2.33. The minimum atomic E-state index is -0.961. The van der Waals surface area contributed by atoms with Crippen LogP contribution in [0.2, 0.25) is 10.0 Å². The Morgan fingerprint density at radius 1 is 1.17 bits per heavy atom. The van der Waals surface area contributed by atoms with E-state index in [2.05, 4.69) is 10.7 Å². The first-order valence-electron chi connectivity index (χ1n) is 7.46. The van der Waals surface area contributed by atoms with Crippen LogP contribution in [0.1, 0.15) is 42.5 Å². The number of urea groups is 1. The van der Waals surface area contributed by atoms with Gasteiger partial charge >= 0.3 is 6.03 Å². The number of amides is 4. The van der Waals surface area contributed by atoms with Crippen molar-refractivity contribution in [3.8, 4) is 0 Å². The Balaban J connectivity index is 1.81. The quantitative estimate of drug-likeness (QED) is 0.617. The van der Waals surface area contributed by atoms with E-state index >= 15 is 0 Å². The lowest BCUT2D eigenvalue weighted by molar-refractivity contribution is -0.134. The summed E-state index contributed by atoms with van der Waals surface area (Å²) in [5, 5.41) is 2.98. The van der Waals surface area contributed by atoms with Gasteiger partial charge in [0.1, 0.15) is 11.4 Å². The molecule has 2 fully saturated rings. The van der Waals surface area contributed by atoms with Crippen molar-refractivity contribution in [3.05, 3.63) is 33.6 Å². The molecule has 4 amide bonds. The largest absolute Gasteiger partial charge is 0.344 e. The molecular weight excluding hydrogens is 360 g/mol. The number of imide groups is 1. The molecule has 3 rings (SSSR count). The number of carbonyl (C=O) groups is 3. The van der Waals surface area contributed by atoms with Gasteiger partial charge in [0.2, 0.25) is 0 Å². The first-order chi connectivity index (χ1) is 11.3. The molecule has 6 nitrogen and oxygen atoms in total. The minimum Gasteiger partial charge on any atom is -0.322 e. The summed E-state index contributed by atoms with van der Waals surface area (Å²) in [5.41, 5.74) is 1.01. The van der Waals surface area contributed by atoms with E-state index in [4.69, 9.17) is 23.2 Å². The molecule has 0 unspecified atom stereocenters. The fraction of sp³-hybridized carbons (Fsp3) is 0.400. The van der Waals surface area contributed by atoms with Gasteiger partial charge in [-0.25, -0.2) is 9.18 Å². The fourth-order valence-corrected chi connectivity index (χ4v) is 3.54. The predicted molar refractivity (Wildman–Crippen MR) is 85.1 cm³/mol. The summed E-state index contributed by atoms with van der Waals surface area (Å²) in [6.45, 7) is 0. The van der Waals surface area contributed by atoms with Crippen molar-refractivity contribution >= 4 is 41.0 Å². The number of hydrazine groups is 1. The summed E-state index contributed by atoms with van der Waals surface area (Å²) < 4.78 is 13.5. The highest BCUT2D eigenvalue weighted by atomic mass is 35.5. The second kappa shape index (κ2) is 6.22. The summed E-state index contributed by atoms with van der Waals surface area (Å²) in [6, 6.07) is 1.23. The van der Waals surface area contributed by atoms with Crippen LogP contribution in [0.15, 0.2) is 12.1 Å². The Kier molecular flexibility index (Phi) is 4.40. The zero-order valence-electron chi connectivity index (χ0n) is 12.5. The van der Waals surface area contributed by atoms with Crippen LogP contribution in [-0.4, -0.2) is 28.4 Å². The molecule has 0 radical (unpaired) electrons. The molecule has 1 aliphatic carbocycles. The van der Waals surface area contributed by atoms with Gasteiger partial charge in [0, 0.05) is 0 Å². The number of carbonyl (C=O) groups excluding carboxylic acids is 3. The highest BCUT2D eigenvalue weighted by Gasteiger charge is 2.52. The lowest BCUT2D eigenvalue weighted by Gasteiger charge is -2.30. The van der Waals surface area contributed by atoms with Crippen LogP contribution in [0.25, 0.3) is 0 Å². The number of nitrogens with one attached hydrogen (secondary N) is 2. The molecule has 2 aliphatic rings. The third-order valence-corrected chi connectivity index (χ3v) is 4.94. The Bertz CT molecular complexity index is 735. The van der Waals surface area contributed by atoms with Gasteiger partial charge in [-0.2, -0.15) is 5.01 Å². The molecule has 9 heteroatoms. The second-order valence-electron chi connectivity index (χ2n) is 5.90. The first kappa shape index (κ1) is 17.0. The third kappa shape index (κ3) is 2.82. The second-order valence-corrected chi connectivity index (χ2v) is 6.71. The van der Waals surface area contributed by atoms with Gasteiger partial charge in [-0.3, -0.25) is 15.0 Å². The number of rotatable bonds is 2. The Hall–Kier alpha value is -1.86. The van der Waals surface area contributed by atoms with E-state index in [0.29, 0.717) is 17.9 Å². The maximum Gasteiger partial charge on any atom is 0.344 e. The van der Waals surface area contributed by atoms with Crippen LogP contribution >= 0.6 is 23.2 Å². The molecule has 1 aliphatic heterocycles. The van der Waals surface area contributed by atoms with Crippen LogP contribution in [0.5, 0.6) is 0 Å². The lowest BCUT2D eigenvalue weighted by Crippen LogP contribution is -2.51. The van der Waals surface area contributed by atoms with E-state index in [0.717, 1.165) is 31.4 Å². The van der Waals surface area contributed by atoms with Crippen LogP contribution < -0.4 is 10.7 Å². The lowest BCUT2D eigenvalue weighted by atomic mass is 9.82. The summed E-state index contributed by atoms with van der Waals surface area (Å²) in [5.74, 6) is -2.20. The van der Waals surface area contributed by atoms with Crippen molar-refractivity contribution < 1.29 is 18.8 Å². The van der Waals surface area contributed by atoms with Crippen molar-refractivity contribution in [1.82, 2.24) is 15.8 Å². The average molecular weight is 374 g/mol. The Labute approximate surface area is 147 Å². The van der Waals surface area contributed by atoms with Crippen molar-refractivity contribution in [1.29, 1.82) is 0 Å². The van der Waals surface area contributed by atoms with Crippen LogP contribution in [0, 0.1) is 5.82 Å². The molecule has 1 saturated carbocycles. The summed E-state index contributed by atoms with van der Waals surface area (Å²) in [6.07, 6.45) is 3.70. The molecule has 0 bridgehead atoms. The number of hydrogen-bond donors (Lipinski definition) is 2. The number of halogens is 3. The number of benzene rings is 1. The fourth-order valence-electron chi connectivity index (χ4n) is 3.07. The van der Waals surface area contributed by atoms with Gasteiger partial charge in [0.15, 0.2) is 0 Å². The molecule has 1 spiro atoms. The molecule has 1 saturated heterocycles. The molecule has 2 N–H and O–H groups in total. The van der Waals surface area contributed by atoms with Gasteiger partial charge < -0.3 is 5.32 Å². The topological polar surface area (TPSA) is 78.5 Å². The van der Waals surface area contributed by atoms with E-state index in [1.54, 1.807) is 0 Å². The van der Waals surface area contributed by atoms with E-state index in [1.165, 1.54) is 0 Å². The van der Waals surface area contributed by atoms with Gasteiger partial charge in [0.05, 0.1) is 15.6 Å². The normalized spacial score (nSPS) is 19.5. The van der Waals surface area contributed by atoms with E-state index < -0.39 is 29.2 Å². The van der Waals surface area contributed by atoms with E-state index in [1.807, 2.05) is 0 Å². The zero-order valence-corrected chi connectivity index (χ0v) is 14.0. The van der Waals surface area contributed by atoms with Gasteiger partial charge in [-0.15, -0.1) is 0 Å². The third-order valence-electron chi connectivity index (χ3n) is 4.34. The zero-order chi connectivity index (χ0) is 17.5. The molecule has 0 aromatic heterocycles. The van der Waals surface area contributed by atoms with Crippen molar-refractivity contribution in [3.63, 3.8) is 0 Å². The maximum absolute atomic E-state index is 13.5. The molecule has 24 heavy (non-hydrogen) atoms. The number of hydrogen-bond acceptors (Lipinski definition) is 3. The van der Waals surface area contributed by atoms with Crippen molar-refractivity contribution in [2.24, 2.45) is 0 Å². The molecular formula is C15H14Cl2FN3O3. The van der Waals surface area contributed by atoms with Crippen molar-refractivity contribution in [2.45, 2.75) is 37.6 Å². The maximum atomic E-state index is 13.5. The van der Waals surface area contributed by atoms with Gasteiger partial charge in [-0.05, 0) is 25.0 Å². The SMILES string of the molecule is O=C(NN1C(=O)NC2(CCCCC2)C1=O)c1cc(F)c(Cl)cc1Cl. The van der Waals surface area contributed by atoms with Crippen LogP contribution in [-0.2, 0) is 4.79 Å². The summed E-state index contributed by atoms with van der Waals surface area (Å²) >= 11 is 11.5. The predicted octanol–water partition coefficient (Wildman–Crippen LogP) is 3.03. The Morgan fingerprint density at radius 2 is 1.83 bits per heavy atom.